The maximum atomic E-state index is 9.24. The lowest BCUT2D eigenvalue weighted by Crippen LogP contribution is -2.09. The van der Waals surface area contributed by atoms with Crippen LogP contribution in [0.1, 0.15) is 43.2 Å². The van der Waals surface area contributed by atoms with Crippen LogP contribution in [-0.2, 0) is 0 Å². The molecule has 1 saturated heterocycles. The average molecular weight is 228 g/mol. The Bertz CT molecular complexity index is 411. The zero-order valence-corrected chi connectivity index (χ0v) is 10.6. The molecule has 2 rings (SSSR count). The van der Waals surface area contributed by atoms with Gasteiger partial charge in [-0.25, -0.2) is 0 Å². The van der Waals surface area contributed by atoms with Crippen LogP contribution in [0.3, 0.4) is 0 Å². The minimum absolute atomic E-state index is 0.0179. The molecular formula is C15H20N2. The number of hydrogen-bond donors (Lipinski definition) is 1. The van der Waals surface area contributed by atoms with E-state index < -0.39 is 0 Å². The van der Waals surface area contributed by atoms with Gasteiger partial charge in [0.1, 0.15) is 0 Å². The number of nitrogens with zero attached hydrogens (tertiary/aromatic N) is 1. The molecule has 2 unspecified atom stereocenters. The van der Waals surface area contributed by atoms with Crippen LogP contribution in [0.2, 0.25) is 0 Å². The number of nitriles is 1. The molecule has 0 aromatic heterocycles. The predicted octanol–water partition coefficient (Wildman–Crippen LogP) is 3.03. The van der Waals surface area contributed by atoms with E-state index in [1.165, 1.54) is 17.5 Å². The van der Waals surface area contributed by atoms with Gasteiger partial charge in [0.25, 0.3) is 0 Å². The fourth-order valence-corrected chi connectivity index (χ4v) is 2.55. The van der Waals surface area contributed by atoms with Crippen LogP contribution in [0, 0.1) is 17.2 Å². The Morgan fingerprint density at radius 2 is 2.24 bits per heavy atom. The first-order valence-corrected chi connectivity index (χ1v) is 6.42. The second-order valence-corrected chi connectivity index (χ2v) is 5.21. The van der Waals surface area contributed by atoms with Gasteiger partial charge < -0.3 is 5.32 Å². The van der Waals surface area contributed by atoms with E-state index >= 15 is 0 Å². The summed E-state index contributed by atoms with van der Waals surface area (Å²) in [4.78, 5) is 0. The monoisotopic (exact) mass is 228 g/mol. The van der Waals surface area contributed by atoms with Crippen molar-refractivity contribution in [3.63, 3.8) is 0 Å². The summed E-state index contributed by atoms with van der Waals surface area (Å²) in [7, 11) is 0. The smallest absolute Gasteiger partial charge is 0.0735 e. The quantitative estimate of drug-likeness (QED) is 0.863. The molecule has 1 aromatic rings. The van der Waals surface area contributed by atoms with Crippen molar-refractivity contribution in [2.24, 2.45) is 5.92 Å². The van der Waals surface area contributed by atoms with Crippen LogP contribution < -0.4 is 5.32 Å². The van der Waals surface area contributed by atoms with Gasteiger partial charge in [0.2, 0.25) is 0 Å². The van der Waals surface area contributed by atoms with Crippen molar-refractivity contribution in [2.45, 2.75) is 32.1 Å². The molecule has 0 amide bonds. The van der Waals surface area contributed by atoms with E-state index in [2.05, 4.69) is 49.5 Å². The molecule has 90 valence electrons. The van der Waals surface area contributed by atoms with Gasteiger partial charge in [0.05, 0.1) is 12.0 Å². The van der Waals surface area contributed by atoms with Gasteiger partial charge in [-0.3, -0.25) is 0 Å². The van der Waals surface area contributed by atoms with Gasteiger partial charge in [-0.05, 0) is 35.9 Å². The van der Waals surface area contributed by atoms with Crippen LogP contribution in [-0.4, -0.2) is 13.1 Å². The van der Waals surface area contributed by atoms with Crippen LogP contribution in [0.25, 0.3) is 0 Å². The molecule has 1 aliphatic heterocycles. The second kappa shape index (κ2) is 5.33. The van der Waals surface area contributed by atoms with Gasteiger partial charge in [0.15, 0.2) is 0 Å². The first kappa shape index (κ1) is 12.1. The zero-order valence-electron chi connectivity index (χ0n) is 10.6. The predicted molar refractivity (Wildman–Crippen MR) is 69.9 cm³/mol. The maximum absolute atomic E-state index is 9.24. The van der Waals surface area contributed by atoms with Crippen LogP contribution >= 0.6 is 0 Å². The lowest BCUT2D eigenvalue weighted by atomic mass is 9.87. The van der Waals surface area contributed by atoms with E-state index in [9.17, 15) is 5.26 Å². The third kappa shape index (κ3) is 2.68. The van der Waals surface area contributed by atoms with Gasteiger partial charge in [-0.15, -0.1) is 0 Å². The molecule has 0 aliphatic carbocycles. The third-order valence-electron chi connectivity index (χ3n) is 3.61. The minimum atomic E-state index is 0.0179. The summed E-state index contributed by atoms with van der Waals surface area (Å²) in [6.45, 7) is 6.40. The van der Waals surface area contributed by atoms with Crippen LogP contribution in [0.15, 0.2) is 24.3 Å². The Morgan fingerprint density at radius 1 is 1.41 bits per heavy atom. The summed E-state index contributed by atoms with van der Waals surface area (Å²) >= 11 is 0. The molecule has 0 spiro atoms. The maximum Gasteiger partial charge on any atom is 0.0735 e. The second-order valence-electron chi connectivity index (χ2n) is 5.21. The van der Waals surface area contributed by atoms with Gasteiger partial charge in [-0.1, -0.05) is 38.1 Å². The Hall–Kier alpha value is -1.33. The van der Waals surface area contributed by atoms with Crippen molar-refractivity contribution in [1.82, 2.24) is 5.32 Å². The molecule has 2 atom stereocenters. The normalized spacial score (nSPS) is 21.4. The van der Waals surface area contributed by atoms with Crippen molar-refractivity contribution in [1.29, 1.82) is 5.26 Å². The molecule has 1 fully saturated rings. The fraction of sp³-hybridized carbons (Fsp3) is 0.533. The van der Waals surface area contributed by atoms with Gasteiger partial charge >= 0.3 is 0 Å². The lowest BCUT2D eigenvalue weighted by molar-refractivity contribution is 0.586. The summed E-state index contributed by atoms with van der Waals surface area (Å²) in [6.07, 6.45) is 1.21. The van der Waals surface area contributed by atoms with E-state index in [4.69, 9.17) is 0 Å². The zero-order chi connectivity index (χ0) is 12.3. The van der Waals surface area contributed by atoms with Crippen molar-refractivity contribution >= 4 is 0 Å². The molecule has 2 heteroatoms. The number of nitrogens with one attached hydrogen (secondary N) is 1. The summed E-state index contributed by atoms with van der Waals surface area (Å²) in [5, 5.41) is 12.6. The van der Waals surface area contributed by atoms with Gasteiger partial charge in [-0.2, -0.15) is 5.26 Å². The van der Waals surface area contributed by atoms with Crippen LogP contribution in [0.5, 0.6) is 0 Å². The molecule has 1 heterocycles. The highest BCUT2D eigenvalue weighted by Crippen LogP contribution is 2.28. The largest absolute Gasteiger partial charge is 0.316 e. The Morgan fingerprint density at radius 3 is 2.82 bits per heavy atom. The molecule has 1 aliphatic rings. The lowest BCUT2D eigenvalue weighted by Gasteiger charge is -2.16. The standard InChI is InChI=1S/C15H20N2/c1-11(2)15(9-16)13-5-3-4-12(8-13)14-6-7-17-10-14/h3-5,8,11,14-15,17H,6-7,10H2,1-2H3. The molecule has 1 N–H and O–H groups in total. The first-order chi connectivity index (χ1) is 8.22. The number of benzene rings is 1. The molecule has 0 radical (unpaired) electrons. The minimum Gasteiger partial charge on any atom is -0.316 e. The highest BCUT2D eigenvalue weighted by molar-refractivity contribution is 5.32. The molecular weight excluding hydrogens is 208 g/mol. The Balaban J connectivity index is 2.24. The van der Waals surface area contributed by atoms with Crippen molar-refractivity contribution in [3.05, 3.63) is 35.4 Å². The Labute approximate surface area is 104 Å². The van der Waals surface area contributed by atoms with E-state index in [1.54, 1.807) is 0 Å². The van der Waals surface area contributed by atoms with Crippen molar-refractivity contribution < 1.29 is 0 Å². The molecule has 1 aromatic carbocycles. The highest BCUT2D eigenvalue weighted by atomic mass is 14.9. The van der Waals surface area contributed by atoms with Crippen molar-refractivity contribution in [2.75, 3.05) is 13.1 Å². The fourth-order valence-electron chi connectivity index (χ4n) is 2.55. The first-order valence-electron chi connectivity index (χ1n) is 6.42. The Kier molecular flexibility index (Phi) is 3.81. The van der Waals surface area contributed by atoms with E-state index in [1.807, 2.05) is 0 Å². The molecule has 0 saturated carbocycles. The average Bonchev–Trinajstić information content (AvgIpc) is 2.83. The topological polar surface area (TPSA) is 35.8 Å². The number of hydrogen-bond acceptors (Lipinski definition) is 2. The summed E-state index contributed by atoms with van der Waals surface area (Å²) < 4.78 is 0. The van der Waals surface area contributed by atoms with E-state index in [0.717, 1.165) is 13.1 Å². The SMILES string of the molecule is CC(C)C(C#N)c1cccc(C2CCNC2)c1. The highest BCUT2D eigenvalue weighted by Gasteiger charge is 2.19. The molecule has 17 heavy (non-hydrogen) atoms. The molecule has 0 bridgehead atoms. The van der Waals surface area contributed by atoms with Gasteiger partial charge in [0, 0.05) is 6.54 Å². The summed E-state index contributed by atoms with van der Waals surface area (Å²) in [5.41, 5.74) is 2.56. The summed E-state index contributed by atoms with van der Waals surface area (Å²) in [5.74, 6) is 1.02. The summed E-state index contributed by atoms with van der Waals surface area (Å²) in [6, 6.07) is 11.0. The van der Waals surface area contributed by atoms with E-state index in [0.29, 0.717) is 11.8 Å². The number of rotatable bonds is 3. The third-order valence-corrected chi connectivity index (χ3v) is 3.61. The van der Waals surface area contributed by atoms with Crippen molar-refractivity contribution in [3.8, 4) is 6.07 Å². The van der Waals surface area contributed by atoms with Crippen LogP contribution in [0.4, 0.5) is 0 Å². The van der Waals surface area contributed by atoms with E-state index in [-0.39, 0.29) is 5.92 Å². The molecule has 2 nitrogen and oxygen atoms in total.